The van der Waals surface area contributed by atoms with Crippen molar-refractivity contribution in [3.8, 4) is 5.75 Å². The number of halogens is 1. The number of benzene rings is 1. The minimum absolute atomic E-state index is 0.0678. The second kappa shape index (κ2) is 12.8. The molecule has 11 nitrogen and oxygen atoms in total. The standard InChI is InChI=1S/C27H35FN6O5/c1-16-30-21(13-23(31-16)26(36)29-15-17-4-9-20(28)25(12-17)38-3)22-14-24(39-33-22)18-5-7-19(8-6-18)32-27(37)34(2)10-11-35/h4,9,12-13,18-19,24,35H,5-8,10-11,14-15H2,1-3H3,(H,29,36)(H,32,37)/t18-,19-,24?. The van der Waals surface area contributed by atoms with E-state index >= 15 is 0 Å². The van der Waals surface area contributed by atoms with E-state index in [2.05, 4.69) is 25.8 Å². The lowest BCUT2D eigenvalue weighted by Crippen LogP contribution is -2.45. The number of urea groups is 1. The number of nitrogens with one attached hydrogen (secondary N) is 2. The van der Waals surface area contributed by atoms with Gasteiger partial charge in [0.2, 0.25) is 0 Å². The molecule has 210 valence electrons. The molecule has 1 saturated carbocycles. The quantitative estimate of drug-likeness (QED) is 0.443. The summed E-state index contributed by atoms with van der Waals surface area (Å²) in [5.74, 6) is -0.00301. The van der Waals surface area contributed by atoms with Crippen LogP contribution in [0.1, 0.15) is 59.7 Å². The molecule has 1 aliphatic heterocycles. The number of hydrogen-bond donors (Lipinski definition) is 3. The van der Waals surface area contributed by atoms with Gasteiger partial charge in [-0.1, -0.05) is 11.2 Å². The van der Waals surface area contributed by atoms with Gasteiger partial charge in [0.25, 0.3) is 5.91 Å². The second-order valence-electron chi connectivity index (χ2n) is 9.93. The molecule has 2 aliphatic rings. The number of nitrogens with zero attached hydrogens (tertiary/aromatic N) is 4. The number of amides is 3. The fourth-order valence-electron chi connectivity index (χ4n) is 4.89. The van der Waals surface area contributed by atoms with E-state index < -0.39 is 5.82 Å². The van der Waals surface area contributed by atoms with E-state index in [-0.39, 0.29) is 48.7 Å². The number of hydrogen-bond acceptors (Lipinski definition) is 8. The van der Waals surface area contributed by atoms with Crippen LogP contribution in [0.3, 0.4) is 0 Å². The smallest absolute Gasteiger partial charge is 0.317 e. The van der Waals surface area contributed by atoms with Gasteiger partial charge in [0.15, 0.2) is 11.6 Å². The highest BCUT2D eigenvalue weighted by Gasteiger charge is 2.34. The Kier molecular flexibility index (Phi) is 9.28. The van der Waals surface area contributed by atoms with E-state index in [1.807, 2.05) is 0 Å². The van der Waals surface area contributed by atoms with Crippen LogP contribution in [0.25, 0.3) is 0 Å². The average Bonchev–Trinajstić information content (AvgIpc) is 3.43. The number of oxime groups is 1. The van der Waals surface area contributed by atoms with Crippen LogP contribution < -0.4 is 15.4 Å². The molecule has 1 unspecified atom stereocenters. The Labute approximate surface area is 226 Å². The molecule has 1 fully saturated rings. The van der Waals surface area contributed by atoms with Crippen LogP contribution in [0.2, 0.25) is 0 Å². The third-order valence-electron chi connectivity index (χ3n) is 7.14. The number of aromatic nitrogens is 2. The average molecular weight is 543 g/mol. The minimum atomic E-state index is -0.469. The van der Waals surface area contributed by atoms with Crippen molar-refractivity contribution in [1.82, 2.24) is 25.5 Å². The zero-order valence-electron chi connectivity index (χ0n) is 22.4. The molecule has 2 heterocycles. The van der Waals surface area contributed by atoms with Crippen LogP contribution in [0, 0.1) is 18.7 Å². The van der Waals surface area contributed by atoms with Gasteiger partial charge in [-0.05, 0) is 62.3 Å². The van der Waals surface area contributed by atoms with E-state index in [0.29, 0.717) is 41.7 Å². The maximum absolute atomic E-state index is 13.7. The summed E-state index contributed by atoms with van der Waals surface area (Å²) in [6.07, 6.45) is 3.97. The number of carbonyl (C=O) groups excluding carboxylic acids is 2. The van der Waals surface area contributed by atoms with E-state index in [0.717, 1.165) is 25.7 Å². The first kappa shape index (κ1) is 28.2. The SMILES string of the molecule is COc1cc(CNC(=O)c2cc(C3=NOC([C@H]4CC[C@H](NC(=O)N(C)CCO)CC4)C3)nc(C)n2)ccc1F. The lowest BCUT2D eigenvalue weighted by Gasteiger charge is -2.32. The van der Waals surface area contributed by atoms with Gasteiger partial charge in [-0.15, -0.1) is 0 Å². The summed E-state index contributed by atoms with van der Waals surface area (Å²) >= 11 is 0. The Hall–Kier alpha value is -3.80. The summed E-state index contributed by atoms with van der Waals surface area (Å²) in [4.78, 5) is 41.0. The zero-order valence-corrected chi connectivity index (χ0v) is 22.4. The zero-order chi connectivity index (χ0) is 27.9. The summed E-state index contributed by atoms with van der Waals surface area (Å²) in [6.45, 7) is 2.13. The Bertz CT molecular complexity index is 1220. The normalized spacial score (nSPS) is 20.5. The number of ether oxygens (including phenoxy) is 1. The Morgan fingerprint density at radius 2 is 1.97 bits per heavy atom. The van der Waals surface area contributed by atoms with Crippen molar-refractivity contribution < 1.29 is 28.7 Å². The van der Waals surface area contributed by atoms with Crippen molar-refractivity contribution in [2.45, 2.75) is 57.7 Å². The summed E-state index contributed by atoms with van der Waals surface area (Å²) < 4.78 is 18.7. The van der Waals surface area contributed by atoms with E-state index in [1.165, 1.54) is 24.1 Å². The fraction of sp³-hybridized carbons (Fsp3) is 0.519. The van der Waals surface area contributed by atoms with E-state index in [1.54, 1.807) is 26.1 Å². The number of aliphatic hydroxyl groups excluding tert-OH is 1. The third kappa shape index (κ3) is 7.20. The molecular formula is C27H35FN6O5. The van der Waals surface area contributed by atoms with Crippen molar-refractivity contribution in [3.05, 3.63) is 52.9 Å². The number of rotatable bonds is 9. The Morgan fingerprint density at radius 3 is 2.69 bits per heavy atom. The molecule has 1 aromatic carbocycles. The Balaban J connectivity index is 1.30. The number of likely N-dealkylation sites (N-methyl/N-ethyl adjacent to an activating group) is 1. The van der Waals surface area contributed by atoms with Crippen LogP contribution in [0.4, 0.5) is 9.18 Å². The first-order valence-corrected chi connectivity index (χ1v) is 13.1. The third-order valence-corrected chi connectivity index (χ3v) is 7.14. The van der Waals surface area contributed by atoms with Gasteiger partial charge in [-0.25, -0.2) is 19.2 Å². The summed E-state index contributed by atoms with van der Waals surface area (Å²) in [6, 6.07) is 5.94. The van der Waals surface area contributed by atoms with Crippen LogP contribution in [0.5, 0.6) is 5.75 Å². The second-order valence-corrected chi connectivity index (χ2v) is 9.93. The number of aryl methyl sites for hydroxylation is 1. The topological polar surface area (TPSA) is 138 Å². The maximum Gasteiger partial charge on any atom is 0.317 e. The largest absolute Gasteiger partial charge is 0.494 e. The lowest BCUT2D eigenvalue weighted by atomic mass is 9.81. The van der Waals surface area contributed by atoms with Gasteiger partial charge >= 0.3 is 6.03 Å². The molecule has 0 saturated heterocycles. The molecule has 3 amide bonds. The molecule has 3 N–H and O–H groups in total. The molecule has 0 spiro atoms. The molecule has 1 atom stereocenters. The monoisotopic (exact) mass is 542 g/mol. The predicted octanol–water partition coefficient (Wildman–Crippen LogP) is 2.55. The maximum atomic E-state index is 13.7. The molecule has 0 radical (unpaired) electrons. The van der Waals surface area contributed by atoms with Gasteiger partial charge in [0.1, 0.15) is 23.3 Å². The molecule has 1 aliphatic carbocycles. The summed E-state index contributed by atoms with van der Waals surface area (Å²) in [7, 11) is 3.05. The van der Waals surface area contributed by atoms with Crippen molar-refractivity contribution in [2.75, 3.05) is 27.3 Å². The van der Waals surface area contributed by atoms with Crippen LogP contribution in [0.15, 0.2) is 29.4 Å². The highest BCUT2D eigenvalue weighted by atomic mass is 19.1. The number of methoxy groups -OCH3 is 1. The van der Waals surface area contributed by atoms with Crippen LogP contribution >= 0.6 is 0 Å². The van der Waals surface area contributed by atoms with Gasteiger partial charge in [-0.2, -0.15) is 0 Å². The van der Waals surface area contributed by atoms with Gasteiger partial charge in [0, 0.05) is 32.6 Å². The van der Waals surface area contributed by atoms with E-state index in [9.17, 15) is 14.0 Å². The summed E-state index contributed by atoms with van der Waals surface area (Å²) in [5.41, 5.74) is 2.12. The molecule has 0 bridgehead atoms. The molecule has 12 heteroatoms. The first-order valence-electron chi connectivity index (χ1n) is 13.1. The summed E-state index contributed by atoms with van der Waals surface area (Å²) in [5, 5.41) is 19.1. The van der Waals surface area contributed by atoms with Crippen LogP contribution in [-0.2, 0) is 11.4 Å². The van der Waals surface area contributed by atoms with Crippen molar-refractivity contribution in [1.29, 1.82) is 0 Å². The first-order chi connectivity index (χ1) is 18.8. The highest BCUT2D eigenvalue weighted by Crippen LogP contribution is 2.33. The lowest BCUT2D eigenvalue weighted by molar-refractivity contribution is 0.0236. The van der Waals surface area contributed by atoms with Crippen LogP contribution in [-0.4, -0.2) is 77.1 Å². The van der Waals surface area contributed by atoms with Gasteiger partial charge in [0.05, 0.1) is 19.4 Å². The molecule has 1 aromatic heterocycles. The van der Waals surface area contributed by atoms with Gasteiger partial charge in [-0.3, -0.25) is 4.79 Å². The molecule has 4 rings (SSSR count). The van der Waals surface area contributed by atoms with E-state index in [4.69, 9.17) is 14.7 Å². The van der Waals surface area contributed by atoms with Crippen molar-refractivity contribution in [2.24, 2.45) is 11.1 Å². The number of aliphatic hydroxyl groups is 1. The minimum Gasteiger partial charge on any atom is -0.494 e. The highest BCUT2D eigenvalue weighted by molar-refractivity contribution is 6.01. The number of carbonyl (C=O) groups is 2. The molecule has 2 aromatic rings. The van der Waals surface area contributed by atoms with Crippen molar-refractivity contribution >= 4 is 17.6 Å². The molecule has 39 heavy (non-hydrogen) atoms. The Morgan fingerprint density at radius 1 is 1.21 bits per heavy atom. The molecular weight excluding hydrogens is 507 g/mol. The van der Waals surface area contributed by atoms with Crippen molar-refractivity contribution in [3.63, 3.8) is 0 Å². The van der Waals surface area contributed by atoms with Gasteiger partial charge < -0.3 is 30.2 Å². The predicted molar refractivity (Wildman–Crippen MR) is 141 cm³/mol. The fourth-order valence-corrected chi connectivity index (χ4v) is 4.89.